The summed E-state index contributed by atoms with van der Waals surface area (Å²) in [6.07, 6.45) is 4.83. The number of nitrogens with zero attached hydrogens (tertiary/aromatic N) is 3. The molecule has 0 radical (unpaired) electrons. The van der Waals surface area contributed by atoms with Gasteiger partial charge in [-0.1, -0.05) is 6.07 Å². The van der Waals surface area contributed by atoms with Crippen LogP contribution < -0.4 is 4.72 Å². The molecule has 0 amide bonds. The van der Waals surface area contributed by atoms with Crippen molar-refractivity contribution >= 4 is 10.0 Å². The molecular formula is C15H12F2N4O2S. The third-order valence-electron chi connectivity index (χ3n) is 3.16. The Morgan fingerprint density at radius 2 is 1.88 bits per heavy atom. The maximum atomic E-state index is 13.2. The van der Waals surface area contributed by atoms with Gasteiger partial charge in [0.1, 0.15) is 11.6 Å². The van der Waals surface area contributed by atoms with Gasteiger partial charge in [-0.05, 0) is 29.8 Å². The summed E-state index contributed by atoms with van der Waals surface area (Å²) in [5.41, 5.74) is 0.589. The van der Waals surface area contributed by atoms with E-state index in [4.69, 9.17) is 0 Å². The summed E-state index contributed by atoms with van der Waals surface area (Å²) < 4.78 is 54.3. The summed E-state index contributed by atoms with van der Waals surface area (Å²) in [4.78, 5) is 3.70. The number of hydrogen-bond donors (Lipinski definition) is 1. The summed E-state index contributed by atoms with van der Waals surface area (Å²) in [5.74, 6) is -1.33. The quantitative estimate of drug-likeness (QED) is 0.764. The smallest absolute Gasteiger partial charge is 0.237 e. The molecule has 1 aromatic carbocycles. The van der Waals surface area contributed by atoms with Crippen LogP contribution in [0.4, 0.5) is 8.78 Å². The van der Waals surface area contributed by atoms with E-state index in [2.05, 4.69) is 14.8 Å². The predicted octanol–water partition coefficient (Wildman–Crippen LogP) is 2.02. The van der Waals surface area contributed by atoms with Crippen LogP contribution in [0.15, 0.2) is 59.9 Å². The molecule has 9 heteroatoms. The molecular weight excluding hydrogens is 338 g/mol. The van der Waals surface area contributed by atoms with Gasteiger partial charge in [-0.3, -0.25) is 0 Å². The molecule has 0 bridgehead atoms. The standard InChI is InChI=1S/C15H12F2N4O2S/c16-12-6-13(17)8-14(7-12)24(22,23)20-10-11-2-3-15(18-9-11)21-5-1-4-19-21/h1-9,20H,10H2. The molecule has 124 valence electrons. The molecule has 0 aliphatic rings. The van der Waals surface area contributed by atoms with Crippen LogP contribution >= 0.6 is 0 Å². The summed E-state index contributed by atoms with van der Waals surface area (Å²) in [6, 6.07) is 7.23. The number of aromatic nitrogens is 3. The first kappa shape index (κ1) is 16.2. The number of nitrogens with one attached hydrogen (secondary N) is 1. The first-order valence-corrected chi connectivity index (χ1v) is 8.33. The normalized spacial score (nSPS) is 11.6. The zero-order valence-electron chi connectivity index (χ0n) is 12.2. The molecule has 6 nitrogen and oxygen atoms in total. The second-order valence-electron chi connectivity index (χ2n) is 4.90. The third kappa shape index (κ3) is 3.63. The average molecular weight is 350 g/mol. The zero-order chi connectivity index (χ0) is 17.2. The molecule has 3 aromatic rings. The minimum Gasteiger partial charge on any atom is -0.237 e. The number of pyridine rings is 1. The van der Waals surface area contributed by atoms with E-state index in [1.165, 1.54) is 6.20 Å². The molecule has 0 aliphatic heterocycles. The van der Waals surface area contributed by atoms with E-state index < -0.39 is 26.6 Å². The van der Waals surface area contributed by atoms with E-state index >= 15 is 0 Å². The van der Waals surface area contributed by atoms with E-state index in [0.29, 0.717) is 17.4 Å². The minimum atomic E-state index is -4.03. The third-order valence-corrected chi connectivity index (χ3v) is 4.54. The van der Waals surface area contributed by atoms with Crippen LogP contribution in [0.2, 0.25) is 0 Å². The van der Waals surface area contributed by atoms with Crippen LogP contribution in [0, 0.1) is 11.6 Å². The van der Waals surface area contributed by atoms with Gasteiger partial charge < -0.3 is 0 Å². The van der Waals surface area contributed by atoms with Gasteiger partial charge in [-0.25, -0.2) is 31.6 Å². The second-order valence-corrected chi connectivity index (χ2v) is 6.67. The van der Waals surface area contributed by atoms with Gasteiger partial charge in [0.15, 0.2) is 5.82 Å². The van der Waals surface area contributed by atoms with Crippen LogP contribution in [0.5, 0.6) is 0 Å². The van der Waals surface area contributed by atoms with Gasteiger partial charge in [0.05, 0.1) is 4.90 Å². The highest BCUT2D eigenvalue weighted by atomic mass is 32.2. The Bertz CT molecular complexity index is 922. The van der Waals surface area contributed by atoms with Gasteiger partial charge >= 0.3 is 0 Å². The Kier molecular flexibility index (Phi) is 4.36. The van der Waals surface area contributed by atoms with Crippen molar-refractivity contribution in [2.75, 3.05) is 0 Å². The van der Waals surface area contributed by atoms with Crippen LogP contribution in [-0.2, 0) is 16.6 Å². The van der Waals surface area contributed by atoms with Crippen molar-refractivity contribution in [3.05, 3.63) is 72.2 Å². The fourth-order valence-corrected chi connectivity index (χ4v) is 3.07. The van der Waals surface area contributed by atoms with E-state index in [1.54, 1.807) is 35.3 Å². The van der Waals surface area contributed by atoms with Crippen molar-refractivity contribution in [3.8, 4) is 5.82 Å². The molecule has 0 fully saturated rings. The topological polar surface area (TPSA) is 76.9 Å². The predicted molar refractivity (Wildman–Crippen MR) is 81.7 cm³/mol. The van der Waals surface area contributed by atoms with Crippen LogP contribution in [0.25, 0.3) is 5.82 Å². The van der Waals surface area contributed by atoms with E-state index in [-0.39, 0.29) is 6.54 Å². The van der Waals surface area contributed by atoms with E-state index in [9.17, 15) is 17.2 Å². The van der Waals surface area contributed by atoms with Crippen molar-refractivity contribution in [3.63, 3.8) is 0 Å². The monoisotopic (exact) mass is 350 g/mol. The molecule has 0 saturated heterocycles. The van der Waals surface area contributed by atoms with Crippen molar-refractivity contribution in [1.29, 1.82) is 0 Å². The van der Waals surface area contributed by atoms with Crippen molar-refractivity contribution in [2.24, 2.45) is 0 Å². The molecule has 24 heavy (non-hydrogen) atoms. The molecule has 0 unspecified atom stereocenters. The Balaban J connectivity index is 1.72. The maximum absolute atomic E-state index is 13.2. The Morgan fingerprint density at radius 1 is 1.12 bits per heavy atom. The van der Waals surface area contributed by atoms with Gasteiger partial charge in [0, 0.05) is 31.2 Å². The lowest BCUT2D eigenvalue weighted by Gasteiger charge is -2.08. The molecule has 0 spiro atoms. The van der Waals surface area contributed by atoms with E-state index in [0.717, 1.165) is 12.1 Å². The molecule has 0 aliphatic carbocycles. The van der Waals surface area contributed by atoms with Crippen LogP contribution in [-0.4, -0.2) is 23.2 Å². The van der Waals surface area contributed by atoms with Gasteiger partial charge in [-0.15, -0.1) is 0 Å². The highest BCUT2D eigenvalue weighted by Crippen LogP contribution is 2.14. The average Bonchev–Trinajstić information content (AvgIpc) is 3.07. The van der Waals surface area contributed by atoms with Gasteiger partial charge in [0.25, 0.3) is 0 Å². The highest BCUT2D eigenvalue weighted by Gasteiger charge is 2.16. The fourth-order valence-electron chi connectivity index (χ4n) is 2.01. The van der Waals surface area contributed by atoms with Gasteiger partial charge in [-0.2, -0.15) is 5.10 Å². The number of sulfonamides is 1. The Labute approximate surface area is 136 Å². The first-order chi connectivity index (χ1) is 11.4. The molecule has 2 aromatic heterocycles. The lowest BCUT2D eigenvalue weighted by atomic mass is 10.3. The van der Waals surface area contributed by atoms with Crippen LogP contribution in [0.1, 0.15) is 5.56 Å². The van der Waals surface area contributed by atoms with Crippen LogP contribution in [0.3, 0.4) is 0 Å². The summed E-state index contributed by atoms with van der Waals surface area (Å²) in [5, 5.41) is 4.03. The SMILES string of the molecule is O=S(=O)(NCc1ccc(-n2cccn2)nc1)c1cc(F)cc(F)c1. The molecule has 0 saturated carbocycles. The summed E-state index contributed by atoms with van der Waals surface area (Å²) in [7, 11) is -4.03. The fraction of sp³-hybridized carbons (Fsp3) is 0.0667. The van der Waals surface area contributed by atoms with Gasteiger partial charge in [0.2, 0.25) is 10.0 Å². The number of hydrogen-bond acceptors (Lipinski definition) is 4. The Morgan fingerprint density at radius 3 is 2.46 bits per heavy atom. The summed E-state index contributed by atoms with van der Waals surface area (Å²) in [6.45, 7) is -0.0626. The number of rotatable bonds is 5. The summed E-state index contributed by atoms with van der Waals surface area (Å²) >= 11 is 0. The molecule has 2 heterocycles. The minimum absolute atomic E-state index is 0.0626. The maximum Gasteiger partial charge on any atom is 0.241 e. The largest absolute Gasteiger partial charge is 0.241 e. The molecule has 3 rings (SSSR count). The van der Waals surface area contributed by atoms with Crippen molar-refractivity contribution in [2.45, 2.75) is 11.4 Å². The lowest BCUT2D eigenvalue weighted by Crippen LogP contribution is -2.23. The molecule has 0 atom stereocenters. The van der Waals surface area contributed by atoms with E-state index in [1.807, 2.05) is 0 Å². The van der Waals surface area contributed by atoms with Crippen molar-refractivity contribution in [1.82, 2.24) is 19.5 Å². The zero-order valence-corrected chi connectivity index (χ0v) is 13.0. The number of halogens is 2. The van der Waals surface area contributed by atoms with Crippen molar-refractivity contribution < 1.29 is 17.2 Å². The first-order valence-electron chi connectivity index (χ1n) is 6.85. The highest BCUT2D eigenvalue weighted by molar-refractivity contribution is 7.89. The molecule has 1 N–H and O–H groups in total. The lowest BCUT2D eigenvalue weighted by molar-refractivity contribution is 0.561. The second kappa shape index (κ2) is 6.46. The Hall–Kier alpha value is -2.65. The number of benzene rings is 1.